The molecule has 0 aliphatic carbocycles. The van der Waals surface area contributed by atoms with Gasteiger partial charge in [0.2, 0.25) is 0 Å². The van der Waals surface area contributed by atoms with Gasteiger partial charge in [0.05, 0.1) is 18.0 Å². The lowest BCUT2D eigenvalue weighted by Gasteiger charge is -2.17. The highest BCUT2D eigenvalue weighted by atomic mass is 35.5. The number of carbonyl (C=O) groups excluding carboxylic acids is 1. The first-order valence-electron chi connectivity index (χ1n) is 9.12. The Labute approximate surface area is 180 Å². The first-order chi connectivity index (χ1) is 14.3. The fourth-order valence-electron chi connectivity index (χ4n) is 2.90. The van der Waals surface area contributed by atoms with E-state index in [9.17, 15) is 13.2 Å². The average Bonchev–Trinajstić information content (AvgIpc) is 2.75. The van der Waals surface area contributed by atoms with Crippen molar-refractivity contribution in [3.05, 3.63) is 88.9 Å². The maximum Gasteiger partial charge on any atom is 0.261 e. The molecule has 0 aliphatic heterocycles. The maximum absolute atomic E-state index is 12.6. The molecule has 1 unspecified atom stereocenters. The Morgan fingerprint density at radius 2 is 1.60 bits per heavy atom. The molecule has 2 N–H and O–H groups in total. The summed E-state index contributed by atoms with van der Waals surface area (Å²) >= 11 is 5.82. The van der Waals surface area contributed by atoms with Crippen LogP contribution in [0.3, 0.4) is 0 Å². The van der Waals surface area contributed by atoms with Gasteiger partial charge in [-0.2, -0.15) is 0 Å². The van der Waals surface area contributed by atoms with E-state index in [1.54, 1.807) is 31.4 Å². The topological polar surface area (TPSA) is 84.5 Å². The number of para-hydroxylation sites is 1. The molecule has 1 amide bonds. The van der Waals surface area contributed by atoms with E-state index >= 15 is 0 Å². The second kappa shape index (κ2) is 9.19. The molecule has 8 heteroatoms. The van der Waals surface area contributed by atoms with Crippen LogP contribution in [0.4, 0.5) is 5.69 Å². The van der Waals surface area contributed by atoms with Gasteiger partial charge in [-0.3, -0.25) is 9.52 Å². The Morgan fingerprint density at radius 1 is 0.967 bits per heavy atom. The minimum Gasteiger partial charge on any atom is -0.496 e. The lowest BCUT2D eigenvalue weighted by Crippen LogP contribution is -2.27. The van der Waals surface area contributed by atoms with Crippen LogP contribution in [0.25, 0.3) is 0 Å². The smallest absolute Gasteiger partial charge is 0.261 e. The number of rotatable bonds is 7. The second-order valence-corrected chi connectivity index (χ2v) is 8.69. The molecular weight excluding hydrogens is 424 g/mol. The van der Waals surface area contributed by atoms with E-state index in [1.165, 1.54) is 24.3 Å². The first kappa shape index (κ1) is 21.7. The highest BCUT2D eigenvalue weighted by Gasteiger charge is 2.17. The molecular formula is C22H21ClN2O4S. The van der Waals surface area contributed by atoms with Crippen LogP contribution in [-0.2, 0) is 10.0 Å². The normalized spacial score (nSPS) is 12.1. The van der Waals surface area contributed by atoms with Gasteiger partial charge in [0, 0.05) is 21.8 Å². The van der Waals surface area contributed by atoms with Gasteiger partial charge in [-0.05, 0) is 61.5 Å². The Morgan fingerprint density at radius 3 is 2.23 bits per heavy atom. The molecule has 6 nitrogen and oxygen atoms in total. The summed E-state index contributed by atoms with van der Waals surface area (Å²) in [5.74, 6) is 0.364. The van der Waals surface area contributed by atoms with Crippen molar-refractivity contribution in [2.45, 2.75) is 17.9 Å². The predicted molar refractivity (Wildman–Crippen MR) is 118 cm³/mol. The van der Waals surface area contributed by atoms with Crippen LogP contribution < -0.4 is 14.8 Å². The maximum atomic E-state index is 12.6. The number of amides is 1. The van der Waals surface area contributed by atoms with Crippen molar-refractivity contribution in [3.8, 4) is 5.75 Å². The Kier molecular flexibility index (Phi) is 6.64. The molecule has 0 radical (unpaired) electrons. The van der Waals surface area contributed by atoms with Crippen LogP contribution in [0.2, 0.25) is 5.02 Å². The highest BCUT2D eigenvalue weighted by Crippen LogP contribution is 2.25. The van der Waals surface area contributed by atoms with Gasteiger partial charge in [-0.1, -0.05) is 29.8 Å². The summed E-state index contributed by atoms with van der Waals surface area (Å²) in [6.45, 7) is 1.85. The zero-order chi connectivity index (χ0) is 21.7. The summed E-state index contributed by atoms with van der Waals surface area (Å²) in [6, 6.07) is 19.2. The molecule has 30 heavy (non-hydrogen) atoms. The SMILES string of the molecule is COc1ccccc1C(C)NC(=O)c1ccc(S(=O)(=O)Nc2ccc(Cl)cc2)cc1. The molecule has 0 heterocycles. The standard InChI is InChI=1S/C22H21ClN2O4S/c1-15(20-5-3-4-6-21(20)29-2)24-22(26)16-7-13-19(14-8-16)30(27,28)25-18-11-9-17(23)10-12-18/h3-15,25H,1-2H3,(H,24,26). The predicted octanol–water partition coefficient (Wildman–Crippen LogP) is 4.64. The summed E-state index contributed by atoms with van der Waals surface area (Å²) in [5.41, 5.74) is 1.59. The van der Waals surface area contributed by atoms with Crippen LogP contribution in [0.15, 0.2) is 77.7 Å². The van der Waals surface area contributed by atoms with Crippen molar-refractivity contribution >= 4 is 33.2 Å². The third-order valence-corrected chi connectivity index (χ3v) is 6.13. The average molecular weight is 445 g/mol. The van der Waals surface area contributed by atoms with Crippen LogP contribution >= 0.6 is 11.6 Å². The first-order valence-corrected chi connectivity index (χ1v) is 11.0. The van der Waals surface area contributed by atoms with Gasteiger partial charge in [0.15, 0.2) is 0 Å². The third kappa shape index (κ3) is 5.11. The summed E-state index contributed by atoms with van der Waals surface area (Å²) in [4.78, 5) is 12.6. The van der Waals surface area contributed by atoms with E-state index in [0.717, 1.165) is 5.56 Å². The van der Waals surface area contributed by atoms with E-state index in [1.807, 2.05) is 31.2 Å². The number of carbonyl (C=O) groups is 1. The van der Waals surface area contributed by atoms with Crippen LogP contribution in [0, 0.1) is 0 Å². The largest absolute Gasteiger partial charge is 0.496 e. The lowest BCUT2D eigenvalue weighted by atomic mass is 10.1. The molecule has 0 bridgehead atoms. The van der Waals surface area contributed by atoms with E-state index < -0.39 is 10.0 Å². The molecule has 0 fully saturated rings. The zero-order valence-corrected chi connectivity index (χ0v) is 18.0. The number of hydrogen-bond acceptors (Lipinski definition) is 4. The van der Waals surface area contributed by atoms with E-state index in [0.29, 0.717) is 22.0 Å². The van der Waals surface area contributed by atoms with Crippen LogP contribution in [0.1, 0.15) is 28.9 Å². The number of sulfonamides is 1. The van der Waals surface area contributed by atoms with Crippen LogP contribution in [-0.4, -0.2) is 21.4 Å². The summed E-state index contributed by atoms with van der Waals surface area (Å²) in [5, 5.41) is 3.40. The summed E-state index contributed by atoms with van der Waals surface area (Å²) in [6.07, 6.45) is 0. The van der Waals surface area contributed by atoms with Gasteiger partial charge in [-0.25, -0.2) is 8.42 Å². The van der Waals surface area contributed by atoms with Crippen molar-refractivity contribution in [1.82, 2.24) is 5.32 Å². The molecule has 3 aromatic carbocycles. The Hall–Kier alpha value is -3.03. The van der Waals surface area contributed by atoms with Gasteiger partial charge < -0.3 is 10.1 Å². The van der Waals surface area contributed by atoms with Gasteiger partial charge in [0.25, 0.3) is 15.9 Å². The summed E-state index contributed by atoms with van der Waals surface area (Å²) < 4.78 is 32.9. The minimum absolute atomic E-state index is 0.0479. The summed E-state index contributed by atoms with van der Waals surface area (Å²) in [7, 11) is -2.21. The molecule has 0 aromatic heterocycles. The molecule has 3 aromatic rings. The molecule has 156 valence electrons. The fourth-order valence-corrected chi connectivity index (χ4v) is 4.08. The second-order valence-electron chi connectivity index (χ2n) is 6.57. The monoisotopic (exact) mass is 444 g/mol. The molecule has 1 atom stereocenters. The zero-order valence-electron chi connectivity index (χ0n) is 16.4. The minimum atomic E-state index is -3.79. The number of ether oxygens (including phenoxy) is 1. The number of hydrogen-bond donors (Lipinski definition) is 2. The number of nitrogens with one attached hydrogen (secondary N) is 2. The third-order valence-electron chi connectivity index (χ3n) is 4.48. The lowest BCUT2D eigenvalue weighted by molar-refractivity contribution is 0.0939. The van der Waals surface area contributed by atoms with Crippen molar-refractivity contribution in [3.63, 3.8) is 0 Å². The van der Waals surface area contributed by atoms with E-state index in [2.05, 4.69) is 10.0 Å². The van der Waals surface area contributed by atoms with Crippen LogP contribution in [0.5, 0.6) is 5.75 Å². The van der Waals surface area contributed by atoms with Crippen molar-refractivity contribution in [2.24, 2.45) is 0 Å². The van der Waals surface area contributed by atoms with E-state index in [4.69, 9.17) is 16.3 Å². The van der Waals surface area contributed by atoms with Crippen molar-refractivity contribution < 1.29 is 17.9 Å². The number of halogens is 1. The van der Waals surface area contributed by atoms with Gasteiger partial charge in [-0.15, -0.1) is 0 Å². The van der Waals surface area contributed by atoms with E-state index in [-0.39, 0.29) is 16.8 Å². The number of methoxy groups -OCH3 is 1. The van der Waals surface area contributed by atoms with Crippen molar-refractivity contribution in [1.29, 1.82) is 0 Å². The molecule has 0 spiro atoms. The molecule has 0 saturated carbocycles. The quantitative estimate of drug-likeness (QED) is 0.556. The fraction of sp³-hybridized carbons (Fsp3) is 0.136. The molecule has 3 rings (SSSR count). The van der Waals surface area contributed by atoms with Gasteiger partial charge in [0.1, 0.15) is 5.75 Å². The highest BCUT2D eigenvalue weighted by molar-refractivity contribution is 7.92. The Bertz CT molecular complexity index is 1130. The number of anilines is 1. The Balaban J connectivity index is 1.71. The molecule has 0 saturated heterocycles. The number of benzene rings is 3. The molecule has 0 aliphatic rings. The van der Waals surface area contributed by atoms with Crippen molar-refractivity contribution in [2.75, 3.05) is 11.8 Å². The van der Waals surface area contributed by atoms with Gasteiger partial charge >= 0.3 is 0 Å².